The molecule has 1 N–H and O–H groups in total. The predicted molar refractivity (Wildman–Crippen MR) is 118 cm³/mol. The van der Waals surface area contributed by atoms with Gasteiger partial charge in [0.15, 0.2) is 5.43 Å². The lowest BCUT2D eigenvalue weighted by atomic mass is 10.0. The van der Waals surface area contributed by atoms with Crippen molar-refractivity contribution in [2.24, 2.45) is 0 Å². The van der Waals surface area contributed by atoms with Crippen molar-refractivity contribution in [1.82, 2.24) is 4.90 Å². The molecule has 0 aliphatic carbocycles. The van der Waals surface area contributed by atoms with Crippen molar-refractivity contribution in [1.29, 1.82) is 0 Å². The maximum Gasteiger partial charge on any atom is 0.193 e. The van der Waals surface area contributed by atoms with E-state index in [1.807, 2.05) is 49.5 Å². The fraction of sp³-hybridized carbons (Fsp3) is 0.160. The van der Waals surface area contributed by atoms with Crippen molar-refractivity contribution in [3.8, 4) is 22.8 Å². The number of fused-ring (bicyclic) bond motifs is 1. The van der Waals surface area contributed by atoms with E-state index in [9.17, 15) is 9.90 Å². The first kappa shape index (κ1) is 19.7. The van der Waals surface area contributed by atoms with Gasteiger partial charge in [0.25, 0.3) is 0 Å². The summed E-state index contributed by atoms with van der Waals surface area (Å²) in [5.74, 6) is 1.30. The smallest absolute Gasteiger partial charge is 0.193 e. The first-order valence-corrected chi connectivity index (χ1v) is 9.71. The molecule has 0 unspecified atom stereocenters. The Balaban J connectivity index is 1.70. The highest BCUT2D eigenvalue weighted by molar-refractivity contribution is 5.84. The first-order valence-electron chi connectivity index (χ1n) is 9.71. The fourth-order valence-electron chi connectivity index (χ4n) is 3.59. The number of hydrogen-bond acceptors (Lipinski definition) is 5. The molecule has 0 fully saturated rings. The van der Waals surface area contributed by atoms with Gasteiger partial charge in [-0.1, -0.05) is 30.3 Å². The molecule has 0 saturated carbocycles. The van der Waals surface area contributed by atoms with Gasteiger partial charge < -0.3 is 14.3 Å². The Labute approximate surface area is 174 Å². The van der Waals surface area contributed by atoms with Gasteiger partial charge in [-0.3, -0.25) is 9.69 Å². The van der Waals surface area contributed by atoms with Crippen molar-refractivity contribution in [2.75, 3.05) is 14.2 Å². The minimum atomic E-state index is -0.180. The number of aromatic hydroxyl groups is 1. The number of rotatable bonds is 6. The Bertz CT molecular complexity index is 1210. The van der Waals surface area contributed by atoms with Gasteiger partial charge in [-0.2, -0.15) is 0 Å². The van der Waals surface area contributed by atoms with Crippen LogP contribution in [-0.4, -0.2) is 24.2 Å². The number of benzene rings is 3. The summed E-state index contributed by atoms with van der Waals surface area (Å²) in [4.78, 5) is 15.1. The maximum atomic E-state index is 13.0. The number of ether oxygens (including phenoxy) is 1. The summed E-state index contributed by atoms with van der Waals surface area (Å²) in [6.07, 6.45) is 0. The number of nitrogens with zero attached hydrogens (tertiary/aromatic N) is 1. The SMILES string of the molecule is COc1ccc(-c2cc(=O)c3c(CN(C)Cc4ccccc4)c(O)ccc3o2)cc1. The van der Waals surface area contributed by atoms with E-state index >= 15 is 0 Å². The van der Waals surface area contributed by atoms with Gasteiger partial charge in [-0.15, -0.1) is 0 Å². The van der Waals surface area contributed by atoms with Crippen LogP contribution in [0.15, 0.2) is 82.0 Å². The van der Waals surface area contributed by atoms with Crippen molar-refractivity contribution in [3.05, 3.63) is 94.1 Å². The van der Waals surface area contributed by atoms with Crippen molar-refractivity contribution < 1.29 is 14.3 Å². The molecule has 3 aromatic carbocycles. The number of hydrogen-bond donors (Lipinski definition) is 1. The van der Waals surface area contributed by atoms with E-state index in [-0.39, 0.29) is 11.2 Å². The van der Waals surface area contributed by atoms with Gasteiger partial charge in [-0.05, 0) is 49.0 Å². The molecule has 0 bridgehead atoms. The molecule has 152 valence electrons. The minimum absolute atomic E-state index is 0.0897. The quantitative estimate of drug-likeness (QED) is 0.503. The molecule has 0 atom stereocenters. The first-order chi connectivity index (χ1) is 14.5. The fourth-order valence-corrected chi connectivity index (χ4v) is 3.59. The minimum Gasteiger partial charge on any atom is -0.508 e. The molecule has 4 aromatic rings. The lowest BCUT2D eigenvalue weighted by Crippen LogP contribution is -2.18. The van der Waals surface area contributed by atoms with E-state index in [1.165, 1.54) is 6.07 Å². The largest absolute Gasteiger partial charge is 0.508 e. The highest BCUT2D eigenvalue weighted by atomic mass is 16.5. The van der Waals surface area contributed by atoms with Crippen LogP contribution in [0.25, 0.3) is 22.3 Å². The van der Waals surface area contributed by atoms with Gasteiger partial charge in [0.1, 0.15) is 22.8 Å². The zero-order valence-corrected chi connectivity index (χ0v) is 17.0. The van der Waals surface area contributed by atoms with Gasteiger partial charge in [0.05, 0.1) is 12.5 Å². The second-order valence-corrected chi connectivity index (χ2v) is 7.30. The number of methoxy groups -OCH3 is 1. The lowest BCUT2D eigenvalue weighted by molar-refractivity contribution is 0.314. The van der Waals surface area contributed by atoms with Crippen LogP contribution in [0.5, 0.6) is 11.5 Å². The molecule has 4 rings (SSSR count). The second-order valence-electron chi connectivity index (χ2n) is 7.30. The Morgan fingerprint density at radius 1 is 0.967 bits per heavy atom. The van der Waals surface area contributed by atoms with E-state index in [2.05, 4.69) is 17.0 Å². The van der Waals surface area contributed by atoms with Crippen LogP contribution in [0.2, 0.25) is 0 Å². The van der Waals surface area contributed by atoms with E-state index in [0.29, 0.717) is 35.4 Å². The van der Waals surface area contributed by atoms with Crippen LogP contribution in [0, 0.1) is 0 Å². The maximum absolute atomic E-state index is 13.0. The third-order valence-electron chi connectivity index (χ3n) is 5.08. The van der Waals surface area contributed by atoms with Crippen LogP contribution >= 0.6 is 0 Å². The van der Waals surface area contributed by atoms with E-state index in [1.54, 1.807) is 19.2 Å². The zero-order chi connectivity index (χ0) is 21.1. The van der Waals surface area contributed by atoms with Gasteiger partial charge in [-0.25, -0.2) is 0 Å². The lowest BCUT2D eigenvalue weighted by Gasteiger charge is -2.18. The summed E-state index contributed by atoms with van der Waals surface area (Å²) in [6, 6.07) is 22.1. The molecule has 30 heavy (non-hydrogen) atoms. The summed E-state index contributed by atoms with van der Waals surface area (Å²) >= 11 is 0. The highest BCUT2D eigenvalue weighted by Crippen LogP contribution is 2.30. The molecule has 5 heteroatoms. The monoisotopic (exact) mass is 401 g/mol. The third kappa shape index (κ3) is 4.07. The summed E-state index contributed by atoms with van der Waals surface area (Å²) in [7, 11) is 3.56. The van der Waals surface area contributed by atoms with Gasteiger partial charge in [0, 0.05) is 30.3 Å². The summed E-state index contributed by atoms with van der Waals surface area (Å²) in [5, 5.41) is 10.9. The molecule has 0 radical (unpaired) electrons. The average molecular weight is 401 g/mol. The standard InChI is InChI=1S/C25H23NO4/c1-26(15-17-6-4-3-5-7-17)16-20-21(27)12-13-23-25(20)22(28)14-24(30-23)18-8-10-19(29-2)11-9-18/h3-14,27H,15-16H2,1-2H3. The summed E-state index contributed by atoms with van der Waals surface area (Å²) in [6.45, 7) is 1.12. The van der Waals surface area contributed by atoms with Crippen molar-refractivity contribution >= 4 is 11.0 Å². The van der Waals surface area contributed by atoms with Crippen LogP contribution in [0.1, 0.15) is 11.1 Å². The van der Waals surface area contributed by atoms with Gasteiger partial charge in [0.2, 0.25) is 0 Å². The Kier molecular flexibility index (Phi) is 5.55. The molecular weight excluding hydrogens is 378 g/mol. The number of phenolic OH excluding ortho intramolecular Hbond substituents is 1. The van der Waals surface area contributed by atoms with Gasteiger partial charge >= 0.3 is 0 Å². The summed E-state index contributed by atoms with van der Waals surface area (Å²) in [5.41, 5.74) is 2.79. The number of phenols is 1. The van der Waals surface area contributed by atoms with E-state index < -0.39 is 0 Å². The van der Waals surface area contributed by atoms with Crippen molar-refractivity contribution in [3.63, 3.8) is 0 Å². The molecule has 5 nitrogen and oxygen atoms in total. The van der Waals surface area contributed by atoms with E-state index in [0.717, 1.165) is 16.9 Å². The molecule has 0 amide bonds. The van der Waals surface area contributed by atoms with Crippen LogP contribution in [0.3, 0.4) is 0 Å². The Morgan fingerprint density at radius 3 is 2.40 bits per heavy atom. The topological polar surface area (TPSA) is 62.9 Å². The molecule has 0 aliphatic rings. The van der Waals surface area contributed by atoms with E-state index in [4.69, 9.17) is 9.15 Å². The van der Waals surface area contributed by atoms with Crippen LogP contribution < -0.4 is 10.2 Å². The summed E-state index contributed by atoms with van der Waals surface area (Å²) < 4.78 is 11.2. The van der Waals surface area contributed by atoms with Crippen LogP contribution in [-0.2, 0) is 13.1 Å². The normalized spacial score (nSPS) is 11.2. The molecule has 1 aromatic heterocycles. The molecule has 0 saturated heterocycles. The Hall–Kier alpha value is -3.57. The second kappa shape index (κ2) is 8.43. The molecule has 0 aliphatic heterocycles. The average Bonchev–Trinajstić information content (AvgIpc) is 2.76. The Morgan fingerprint density at radius 2 is 1.70 bits per heavy atom. The zero-order valence-electron chi connectivity index (χ0n) is 17.0. The van der Waals surface area contributed by atoms with Crippen LogP contribution in [0.4, 0.5) is 0 Å². The highest BCUT2D eigenvalue weighted by Gasteiger charge is 2.16. The molecular formula is C25H23NO4. The molecule has 1 heterocycles. The molecule has 0 spiro atoms. The third-order valence-corrected chi connectivity index (χ3v) is 5.08. The van der Waals surface area contributed by atoms with Crippen molar-refractivity contribution in [2.45, 2.75) is 13.1 Å². The predicted octanol–water partition coefficient (Wildman–Crippen LogP) is 4.81.